The van der Waals surface area contributed by atoms with Gasteiger partial charge in [-0.2, -0.15) is 0 Å². The monoisotopic (exact) mass is 534 g/mol. The van der Waals surface area contributed by atoms with Crippen LogP contribution in [0.2, 0.25) is 5.02 Å². The van der Waals surface area contributed by atoms with Crippen molar-refractivity contribution in [2.24, 2.45) is 5.73 Å². The molecule has 0 spiro atoms. The van der Waals surface area contributed by atoms with Crippen molar-refractivity contribution in [3.63, 3.8) is 0 Å². The molecule has 6 rings (SSSR count). The number of aryl methyl sites for hydroxylation is 1. The summed E-state index contributed by atoms with van der Waals surface area (Å²) in [6.45, 7) is 8.79. The lowest BCUT2D eigenvalue weighted by Gasteiger charge is -2.35. The largest absolute Gasteiger partial charge is 0.326 e. The molecular weight excluding hydrogens is 500 g/mol. The van der Waals surface area contributed by atoms with Gasteiger partial charge in [-0.05, 0) is 59.5 Å². The van der Waals surface area contributed by atoms with Crippen LogP contribution in [-0.4, -0.2) is 40.5 Å². The normalized spacial score (nSPS) is 14.7. The van der Waals surface area contributed by atoms with Crippen LogP contribution in [-0.2, 0) is 19.6 Å². The number of rotatable bonds is 7. The van der Waals surface area contributed by atoms with Crippen LogP contribution in [0.25, 0.3) is 27.7 Å². The Labute approximate surface area is 236 Å². The molecule has 0 atom stereocenters. The first-order valence-corrected chi connectivity index (χ1v) is 14.1. The van der Waals surface area contributed by atoms with Crippen LogP contribution in [0.1, 0.15) is 22.3 Å². The van der Waals surface area contributed by atoms with Gasteiger partial charge in [0, 0.05) is 73.7 Å². The Morgan fingerprint density at radius 3 is 2.10 bits per heavy atom. The highest BCUT2D eigenvalue weighted by molar-refractivity contribution is 6.31. The number of hydrogen-bond acceptors (Lipinski definition) is 3. The van der Waals surface area contributed by atoms with E-state index in [1.807, 2.05) is 12.1 Å². The van der Waals surface area contributed by atoms with Gasteiger partial charge in [-0.15, -0.1) is 0 Å². The summed E-state index contributed by atoms with van der Waals surface area (Å²) in [5, 5.41) is 2.15. The van der Waals surface area contributed by atoms with E-state index in [-0.39, 0.29) is 0 Å². The molecule has 39 heavy (non-hydrogen) atoms. The fourth-order valence-corrected chi connectivity index (χ4v) is 5.77. The van der Waals surface area contributed by atoms with E-state index in [9.17, 15) is 0 Å². The van der Waals surface area contributed by atoms with E-state index in [0.29, 0.717) is 6.54 Å². The van der Waals surface area contributed by atoms with E-state index < -0.39 is 0 Å². The highest BCUT2D eigenvalue weighted by atomic mass is 35.5. The van der Waals surface area contributed by atoms with Crippen molar-refractivity contribution in [2.45, 2.75) is 26.6 Å². The number of aromatic nitrogens is 1. The minimum Gasteiger partial charge on any atom is -0.326 e. The fraction of sp³-hybridized carbons (Fsp3) is 0.235. The van der Waals surface area contributed by atoms with Gasteiger partial charge in [0.2, 0.25) is 0 Å². The van der Waals surface area contributed by atoms with Crippen LogP contribution >= 0.6 is 11.6 Å². The third-order valence-corrected chi connectivity index (χ3v) is 8.27. The Kier molecular flexibility index (Phi) is 7.53. The first kappa shape index (κ1) is 25.8. The average molecular weight is 535 g/mol. The molecule has 1 saturated heterocycles. The van der Waals surface area contributed by atoms with E-state index in [0.717, 1.165) is 55.5 Å². The summed E-state index contributed by atoms with van der Waals surface area (Å²) in [4.78, 5) is 5.07. The number of fused-ring (bicyclic) bond motifs is 1. The van der Waals surface area contributed by atoms with Gasteiger partial charge >= 0.3 is 0 Å². The van der Waals surface area contributed by atoms with Crippen LogP contribution in [0.15, 0.2) is 97.2 Å². The zero-order valence-corrected chi connectivity index (χ0v) is 23.2. The summed E-state index contributed by atoms with van der Waals surface area (Å²) in [6.07, 6.45) is 2.28. The van der Waals surface area contributed by atoms with E-state index >= 15 is 0 Å². The molecule has 198 valence electrons. The van der Waals surface area contributed by atoms with Crippen molar-refractivity contribution in [1.29, 1.82) is 0 Å². The van der Waals surface area contributed by atoms with Gasteiger partial charge in [0.05, 0.1) is 5.52 Å². The first-order chi connectivity index (χ1) is 19.1. The lowest BCUT2D eigenvalue weighted by atomic mass is 10.0. The second-order valence-corrected chi connectivity index (χ2v) is 11.1. The SMILES string of the molecule is Cc1ccc(-c2cn(-c3ccc(CN)cc3)c3ccc(CN4CCN(Cc5ccccc5Cl)CC4)cc23)cc1. The van der Waals surface area contributed by atoms with Crippen molar-refractivity contribution < 1.29 is 0 Å². The van der Waals surface area contributed by atoms with Crippen molar-refractivity contribution in [1.82, 2.24) is 14.4 Å². The molecule has 1 aliphatic heterocycles. The standard InChI is InChI=1S/C34H35ClN4/c1-25-6-11-28(12-7-25)32-24-39(30-13-8-26(21-36)9-14-30)34-15-10-27(20-31(32)34)22-37-16-18-38(19-17-37)23-29-4-2-3-5-33(29)35/h2-15,20,24H,16-19,21-23,36H2,1H3. The zero-order chi connectivity index (χ0) is 26.8. The molecule has 2 heterocycles. The number of benzene rings is 4. The summed E-state index contributed by atoms with van der Waals surface area (Å²) in [5.74, 6) is 0. The summed E-state index contributed by atoms with van der Waals surface area (Å²) in [5.41, 5.74) is 15.7. The Morgan fingerprint density at radius 2 is 1.41 bits per heavy atom. The van der Waals surface area contributed by atoms with Gasteiger partial charge in [-0.25, -0.2) is 0 Å². The maximum absolute atomic E-state index is 6.40. The van der Waals surface area contributed by atoms with Crippen LogP contribution in [0.3, 0.4) is 0 Å². The number of piperazine rings is 1. The molecule has 1 aliphatic rings. The Morgan fingerprint density at radius 1 is 0.744 bits per heavy atom. The molecular formula is C34H35ClN4. The van der Waals surface area contributed by atoms with Gasteiger partial charge < -0.3 is 10.3 Å². The van der Waals surface area contributed by atoms with Crippen LogP contribution in [0.5, 0.6) is 0 Å². The zero-order valence-electron chi connectivity index (χ0n) is 22.5. The Balaban J connectivity index is 1.25. The predicted molar refractivity (Wildman–Crippen MR) is 163 cm³/mol. The van der Waals surface area contributed by atoms with Crippen molar-refractivity contribution in [2.75, 3.05) is 26.2 Å². The van der Waals surface area contributed by atoms with Crippen LogP contribution < -0.4 is 5.73 Å². The summed E-state index contributed by atoms with van der Waals surface area (Å²) < 4.78 is 2.31. The molecule has 0 aliphatic carbocycles. The summed E-state index contributed by atoms with van der Waals surface area (Å²) in [7, 11) is 0. The molecule has 0 saturated carbocycles. The number of nitrogens with two attached hydrogens (primary N) is 1. The smallest absolute Gasteiger partial charge is 0.0535 e. The van der Waals surface area contributed by atoms with E-state index in [4.69, 9.17) is 17.3 Å². The predicted octanol–water partition coefficient (Wildman–Crippen LogP) is 7.04. The van der Waals surface area contributed by atoms with Crippen molar-refractivity contribution >= 4 is 22.5 Å². The molecule has 2 N–H and O–H groups in total. The Bertz CT molecular complexity index is 1560. The molecule has 1 aromatic heterocycles. The van der Waals surface area contributed by atoms with Crippen LogP contribution in [0.4, 0.5) is 0 Å². The molecule has 1 fully saturated rings. The van der Waals surface area contributed by atoms with E-state index in [1.165, 1.54) is 38.7 Å². The lowest BCUT2D eigenvalue weighted by molar-refractivity contribution is 0.122. The van der Waals surface area contributed by atoms with Gasteiger partial charge in [-0.3, -0.25) is 9.80 Å². The third kappa shape index (κ3) is 5.66. The third-order valence-electron chi connectivity index (χ3n) is 7.90. The minimum absolute atomic E-state index is 0.555. The van der Waals surface area contributed by atoms with Crippen molar-refractivity contribution in [3.05, 3.63) is 124 Å². The maximum atomic E-state index is 6.40. The fourth-order valence-electron chi connectivity index (χ4n) is 5.58. The number of nitrogens with zero attached hydrogens (tertiary/aromatic N) is 3. The maximum Gasteiger partial charge on any atom is 0.0535 e. The van der Waals surface area contributed by atoms with E-state index in [1.54, 1.807) is 0 Å². The molecule has 4 aromatic carbocycles. The molecule has 0 radical (unpaired) electrons. The highest BCUT2D eigenvalue weighted by Gasteiger charge is 2.19. The molecule has 0 unspecified atom stereocenters. The van der Waals surface area contributed by atoms with Gasteiger partial charge in [-0.1, -0.05) is 77.8 Å². The minimum atomic E-state index is 0.555. The molecule has 4 nitrogen and oxygen atoms in total. The van der Waals surface area contributed by atoms with Gasteiger partial charge in [0.25, 0.3) is 0 Å². The second-order valence-electron chi connectivity index (χ2n) is 10.6. The summed E-state index contributed by atoms with van der Waals surface area (Å²) >= 11 is 6.40. The molecule has 5 aromatic rings. The molecule has 0 amide bonds. The topological polar surface area (TPSA) is 37.4 Å². The van der Waals surface area contributed by atoms with Gasteiger partial charge in [0.1, 0.15) is 0 Å². The number of hydrogen-bond donors (Lipinski definition) is 1. The molecule has 0 bridgehead atoms. The second kappa shape index (κ2) is 11.4. The van der Waals surface area contributed by atoms with Crippen molar-refractivity contribution in [3.8, 4) is 16.8 Å². The first-order valence-electron chi connectivity index (χ1n) is 13.8. The number of halogens is 1. The summed E-state index contributed by atoms with van der Waals surface area (Å²) in [6, 6.07) is 32.6. The average Bonchev–Trinajstić information content (AvgIpc) is 3.34. The van der Waals surface area contributed by atoms with E-state index in [2.05, 4.69) is 106 Å². The van der Waals surface area contributed by atoms with Crippen LogP contribution in [0, 0.1) is 6.92 Å². The quantitative estimate of drug-likeness (QED) is 0.243. The van der Waals surface area contributed by atoms with Gasteiger partial charge in [0.15, 0.2) is 0 Å². The lowest BCUT2D eigenvalue weighted by Crippen LogP contribution is -2.45. The highest BCUT2D eigenvalue weighted by Crippen LogP contribution is 2.34. The Hall–Kier alpha value is -3.41. The molecule has 5 heteroatoms.